The first kappa shape index (κ1) is 13.0. The first-order valence-electron chi connectivity index (χ1n) is 7.67. The highest BCUT2D eigenvalue weighted by molar-refractivity contribution is 5.34. The zero-order valence-electron chi connectivity index (χ0n) is 13.0. The van der Waals surface area contributed by atoms with Crippen molar-refractivity contribution in [3.63, 3.8) is 0 Å². The third-order valence-electron chi connectivity index (χ3n) is 5.78. The number of nitrogens with one attached hydrogen (secondary N) is 1. The molecule has 2 fully saturated rings. The van der Waals surface area contributed by atoms with E-state index in [-0.39, 0.29) is 0 Å². The summed E-state index contributed by atoms with van der Waals surface area (Å²) in [5.41, 5.74) is 1.94. The fourth-order valence-corrected chi connectivity index (χ4v) is 4.69. The van der Waals surface area contributed by atoms with Gasteiger partial charge in [-0.2, -0.15) is 0 Å². The Bertz CT molecular complexity index is 483. The quantitative estimate of drug-likeness (QED) is 0.896. The fourth-order valence-electron chi connectivity index (χ4n) is 4.69. The van der Waals surface area contributed by atoms with Gasteiger partial charge < -0.3 is 9.88 Å². The smallest absolute Gasteiger partial charge is 0.203 e. The van der Waals surface area contributed by atoms with E-state index < -0.39 is 0 Å². The number of fused-ring (bicyclic) bond motifs is 2. The van der Waals surface area contributed by atoms with E-state index in [0.717, 1.165) is 24.1 Å². The van der Waals surface area contributed by atoms with Crippen LogP contribution in [0.15, 0.2) is 6.20 Å². The molecule has 0 spiro atoms. The zero-order chi connectivity index (χ0) is 13.8. The molecule has 0 aliphatic heterocycles. The van der Waals surface area contributed by atoms with Gasteiger partial charge in [-0.05, 0) is 49.9 Å². The van der Waals surface area contributed by atoms with Gasteiger partial charge in [0.2, 0.25) is 5.95 Å². The topological polar surface area (TPSA) is 29.9 Å². The lowest BCUT2D eigenvalue weighted by atomic mass is 9.68. The Morgan fingerprint density at radius 1 is 1.42 bits per heavy atom. The third kappa shape index (κ3) is 1.81. The van der Waals surface area contributed by atoms with Gasteiger partial charge in [-0.3, -0.25) is 0 Å². The SMILES string of the molecule is CCn1cc(C)nc1NC1C2(C)CCC(C2)C1(C)C. The van der Waals surface area contributed by atoms with Gasteiger partial charge in [0.25, 0.3) is 0 Å². The Morgan fingerprint density at radius 3 is 2.74 bits per heavy atom. The minimum atomic E-state index is 0.380. The summed E-state index contributed by atoms with van der Waals surface area (Å²) in [6.45, 7) is 12.6. The highest BCUT2D eigenvalue weighted by atomic mass is 15.2. The Morgan fingerprint density at radius 2 is 2.16 bits per heavy atom. The van der Waals surface area contributed by atoms with Crippen molar-refractivity contribution in [2.75, 3.05) is 5.32 Å². The molecule has 3 unspecified atom stereocenters. The van der Waals surface area contributed by atoms with Crippen molar-refractivity contribution >= 4 is 5.95 Å². The van der Waals surface area contributed by atoms with Crippen LogP contribution in [-0.2, 0) is 6.54 Å². The summed E-state index contributed by atoms with van der Waals surface area (Å²) < 4.78 is 2.24. The van der Waals surface area contributed by atoms with Gasteiger partial charge in [-0.1, -0.05) is 20.8 Å². The standard InChI is InChI=1S/C16H27N3/c1-6-19-10-11(2)17-14(19)18-13-15(3,4)12-7-8-16(13,5)9-12/h10,12-13H,6-9H2,1-5H3,(H,17,18). The molecule has 1 N–H and O–H groups in total. The first-order valence-corrected chi connectivity index (χ1v) is 7.67. The van der Waals surface area contributed by atoms with Crippen molar-refractivity contribution in [2.24, 2.45) is 16.7 Å². The molecule has 2 saturated carbocycles. The maximum absolute atomic E-state index is 4.68. The molecular formula is C16H27N3. The van der Waals surface area contributed by atoms with E-state index in [9.17, 15) is 0 Å². The largest absolute Gasteiger partial charge is 0.352 e. The molecular weight excluding hydrogens is 234 g/mol. The monoisotopic (exact) mass is 261 g/mol. The molecule has 19 heavy (non-hydrogen) atoms. The predicted octanol–water partition coefficient (Wildman–Crippen LogP) is 3.84. The van der Waals surface area contributed by atoms with Crippen LogP contribution < -0.4 is 5.32 Å². The molecule has 1 heterocycles. The second kappa shape index (κ2) is 4.00. The van der Waals surface area contributed by atoms with Crippen LogP contribution in [-0.4, -0.2) is 15.6 Å². The highest BCUT2D eigenvalue weighted by Crippen LogP contribution is 2.63. The number of imidazole rings is 1. The normalized spacial score (nSPS) is 35.8. The molecule has 0 aromatic carbocycles. The number of nitrogens with zero attached hydrogens (tertiary/aromatic N) is 2. The third-order valence-corrected chi connectivity index (χ3v) is 5.78. The Balaban J connectivity index is 1.90. The van der Waals surface area contributed by atoms with E-state index in [0.29, 0.717) is 16.9 Å². The molecule has 2 aliphatic rings. The summed E-state index contributed by atoms with van der Waals surface area (Å²) in [4.78, 5) is 4.68. The van der Waals surface area contributed by atoms with Crippen molar-refractivity contribution in [2.45, 2.75) is 66.5 Å². The summed E-state index contributed by atoms with van der Waals surface area (Å²) in [5.74, 6) is 1.94. The Kier molecular flexibility index (Phi) is 2.74. The van der Waals surface area contributed by atoms with Gasteiger partial charge in [0.05, 0.1) is 5.69 Å². The lowest BCUT2D eigenvalue weighted by Crippen LogP contribution is -2.46. The predicted molar refractivity (Wildman–Crippen MR) is 79.3 cm³/mol. The first-order chi connectivity index (χ1) is 8.87. The van der Waals surface area contributed by atoms with E-state index >= 15 is 0 Å². The van der Waals surface area contributed by atoms with Crippen molar-refractivity contribution in [3.05, 3.63) is 11.9 Å². The molecule has 3 rings (SSSR count). The van der Waals surface area contributed by atoms with E-state index in [1.165, 1.54) is 19.3 Å². The number of rotatable bonds is 3. The van der Waals surface area contributed by atoms with Crippen molar-refractivity contribution in [1.82, 2.24) is 9.55 Å². The van der Waals surface area contributed by atoms with Crippen LogP contribution in [0.25, 0.3) is 0 Å². The lowest BCUT2D eigenvalue weighted by molar-refractivity contribution is 0.154. The second-order valence-electron chi connectivity index (χ2n) is 7.48. The second-order valence-corrected chi connectivity index (χ2v) is 7.48. The molecule has 3 nitrogen and oxygen atoms in total. The molecule has 3 heteroatoms. The molecule has 0 saturated heterocycles. The molecule has 1 aromatic heterocycles. The van der Waals surface area contributed by atoms with E-state index in [4.69, 9.17) is 0 Å². The minimum Gasteiger partial charge on any atom is -0.352 e. The molecule has 0 amide bonds. The average Bonchev–Trinajstić information content (AvgIpc) is 2.93. The summed E-state index contributed by atoms with van der Waals surface area (Å²) in [5, 5.41) is 3.80. The van der Waals surface area contributed by atoms with Gasteiger partial charge >= 0.3 is 0 Å². The highest BCUT2D eigenvalue weighted by Gasteiger charge is 2.59. The van der Waals surface area contributed by atoms with Crippen molar-refractivity contribution in [1.29, 1.82) is 0 Å². The van der Waals surface area contributed by atoms with Gasteiger partial charge in [-0.15, -0.1) is 0 Å². The zero-order valence-corrected chi connectivity index (χ0v) is 13.0. The van der Waals surface area contributed by atoms with Crippen molar-refractivity contribution < 1.29 is 0 Å². The molecule has 3 atom stereocenters. The lowest BCUT2D eigenvalue weighted by Gasteiger charge is -2.43. The van der Waals surface area contributed by atoms with Crippen LogP contribution in [0, 0.1) is 23.7 Å². The van der Waals surface area contributed by atoms with Crippen LogP contribution >= 0.6 is 0 Å². The van der Waals surface area contributed by atoms with Crippen LogP contribution in [0.1, 0.15) is 52.7 Å². The summed E-state index contributed by atoms with van der Waals surface area (Å²) in [7, 11) is 0. The average molecular weight is 261 g/mol. The summed E-state index contributed by atoms with van der Waals surface area (Å²) in [6, 6.07) is 0.547. The number of hydrogen-bond acceptors (Lipinski definition) is 2. The molecule has 2 bridgehead atoms. The van der Waals surface area contributed by atoms with E-state index in [1.54, 1.807) is 0 Å². The van der Waals surface area contributed by atoms with Crippen LogP contribution in [0.2, 0.25) is 0 Å². The van der Waals surface area contributed by atoms with Crippen LogP contribution in [0.5, 0.6) is 0 Å². The van der Waals surface area contributed by atoms with Gasteiger partial charge in [-0.25, -0.2) is 4.98 Å². The number of anilines is 1. The maximum atomic E-state index is 4.68. The van der Waals surface area contributed by atoms with Gasteiger partial charge in [0.15, 0.2) is 0 Å². The molecule has 106 valence electrons. The van der Waals surface area contributed by atoms with E-state index in [2.05, 4.69) is 55.7 Å². The summed E-state index contributed by atoms with van der Waals surface area (Å²) >= 11 is 0. The number of aryl methyl sites for hydroxylation is 2. The van der Waals surface area contributed by atoms with Crippen molar-refractivity contribution in [3.8, 4) is 0 Å². The molecule has 2 aliphatic carbocycles. The molecule has 0 radical (unpaired) electrons. The van der Waals surface area contributed by atoms with E-state index in [1.807, 2.05) is 0 Å². The Hall–Kier alpha value is -0.990. The van der Waals surface area contributed by atoms with Crippen LogP contribution in [0.3, 0.4) is 0 Å². The Labute approximate surface area is 116 Å². The summed E-state index contributed by atoms with van der Waals surface area (Å²) in [6.07, 6.45) is 6.29. The van der Waals surface area contributed by atoms with Gasteiger partial charge in [0.1, 0.15) is 0 Å². The number of aromatic nitrogens is 2. The minimum absolute atomic E-state index is 0.380. The van der Waals surface area contributed by atoms with Gasteiger partial charge in [0, 0.05) is 18.8 Å². The fraction of sp³-hybridized carbons (Fsp3) is 0.812. The van der Waals surface area contributed by atoms with Crippen LogP contribution in [0.4, 0.5) is 5.95 Å². The maximum Gasteiger partial charge on any atom is 0.203 e. The molecule has 1 aromatic rings. The number of hydrogen-bond donors (Lipinski definition) is 1.